The molecule has 5 nitrogen and oxygen atoms in total. The highest BCUT2D eigenvalue weighted by molar-refractivity contribution is 7.89. The summed E-state index contributed by atoms with van der Waals surface area (Å²) in [6.07, 6.45) is 8.88. The van der Waals surface area contributed by atoms with Crippen LogP contribution in [-0.2, 0) is 27.6 Å². The van der Waals surface area contributed by atoms with Crippen LogP contribution >= 0.6 is 0 Å². The van der Waals surface area contributed by atoms with Gasteiger partial charge in [0.05, 0.1) is 24.6 Å². The lowest BCUT2D eigenvalue weighted by Gasteiger charge is -2.34. The zero-order valence-electron chi connectivity index (χ0n) is 14.8. The van der Waals surface area contributed by atoms with E-state index < -0.39 is 10.0 Å². The Morgan fingerprint density at radius 1 is 1.08 bits per heavy atom. The number of amidine groups is 1. The molecule has 1 unspecified atom stereocenters. The normalized spacial score (nSPS) is 24.3. The molecule has 25 heavy (non-hydrogen) atoms. The molecule has 6 heteroatoms. The standard InChI is InChI=1S/C19H26N2O3S/c1-24-19-20-13-18(15-6-3-2-4-7-15)21(19)25(22,23)17-11-10-14-8-5-9-16(14)12-17/h10-12,15,18H,2-9,13H2,1H3. The van der Waals surface area contributed by atoms with Crippen LogP contribution in [0, 0.1) is 5.92 Å². The topological polar surface area (TPSA) is 59.0 Å². The summed E-state index contributed by atoms with van der Waals surface area (Å²) in [7, 11) is -2.14. The number of ether oxygens (including phenoxy) is 1. The minimum Gasteiger partial charge on any atom is -0.468 e. The molecule has 136 valence electrons. The molecule has 3 aliphatic rings. The monoisotopic (exact) mass is 362 g/mol. The first-order valence-corrected chi connectivity index (χ1v) is 10.8. The van der Waals surface area contributed by atoms with Crippen molar-refractivity contribution in [2.24, 2.45) is 10.9 Å². The third kappa shape index (κ3) is 2.94. The summed E-state index contributed by atoms with van der Waals surface area (Å²) in [5.41, 5.74) is 2.45. The Morgan fingerprint density at radius 3 is 2.60 bits per heavy atom. The first kappa shape index (κ1) is 16.9. The van der Waals surface area contributed by atoms with E-state index in [0.29, 0.717) is 17.4 Å². The zero-order chi connectivity index (χ0) is 17.4. The Morgan fingerprint density at radius 2 is 1.84 bits per heavy atom. The minimum atomic E-state index is -3.64. The van der Waals surface area contributed by atoms with Gasteiger partial charge >= 0.3 is 6.02 Å². The van der Waals surface area contributed by atoms with E-state index in [0.717, 1.165) is 32.1 Å². The number of sulfonamides is 1. The van der Waals surface area contributed by atoms with Gasteiger partial charge in [-0.1, -0.05) is 25.3 Å². The van der Waals surface area contributed by atoms with E-state index in [4.69, 9.17) is 4.74 Å². The first-order chi connectivity index (χ1) is 12.1. The summed E-state index contributed by atoms with van der Waals surface area (Å²) in [5, 5.41) is 0. The molecule has 1 fully saturated rings. The summed E-state index contributed by atoms with van der Waals surface area (Å²) in [5.74, 6) is 0.370. The first-order valence-electron chi connectivity index (χ1n) is 9.36. The van der Waals surface area contributed by atoms with Gasteiger partial charge in [-0.3, -0.25) is 0 Å². The fraction of sp³-hybridized carbons (Fsp3) is 0.632. The Bertz CT molecular complexity index is 782. The maximum Gasteiger partial charge on any atom is 0.301 e. The molecular weight excluding hydrogens is 336 g/mol. The van der Waals surface area contributed by atoms with Gasteiger partial charge in [-0.2, -0.15) is 0 Å². The second-order valence-electron chi connectivity index (χ2n) is 7.38. The lowest BCUT2D eigenvalue weighted by Crippen LogP contribution is -2.46. The molecule has 0 aromatic heterocycles. The number of hydrogen-bond acceptors (Lipinski definition) is 4. The van der Waals surface area contributed by atoms with Gasteiger partial charge in [0, 0.05) is 0 Å². The van der Waals surface area contributed by atoms with Crippen LogP contribution in [0.1, 0.15) is 49.7 Å². The van der Waals surface area contributed by atoms with Crippen LogP contribution in [0.25, 0.3) is 0 Å². The SMILES string of the molecule is COC1=NCC(C2CCCCC2)N1S(=O)(=O)c1ccc2c(c1)CCC2. The van der Waals surface area contributed by atoms with Crippen molar-refractivity contribution in [3.05, 3.63) is 29.3 Å². The van der Waals surface area contributed by atoms with Crippen LogP contribution in [0.2, 0.25) is 0 Å². The lowest BCUT2D eigenvalue weighted by atomic mass is 9.84. The molecule has 1 aliphatic heterocycles. The van der Waals surface area contributed by atoms with Gasteiger partial charge < -0.3 is 4.74 Å². The van der Waals surface area contributed by atoms with Gasteiger partial charge in [-0.05, 0) is 61.3 Å². The van der Waals surface area contributed by atoms with Crippen molar-refractivity contribution in [1.82, 2.24) is 4.31 Å². The average molecular weight is 362 g/mol. The van der Waals surface area contributed by atoms with Crippen LogP contribution in [0.5, 0.6) is 0 Å². The highest BCUT2D eigenvalue weighted by atomic mass is 32.2. The smallest absolute Gasteiger partial charge is 0.301 e. The van der Waals surface area contributed by atoms with Crippen molar-refractivity contribution in [2.75, 3.05) is 13.7 Å². The van der Waals surface area contributed by atoms with Crippen molar-refractivity contribution in [3.63, 3.8) is 0 Å². The maximum absolute atomic E-state index is 13.4. The number of aliphatic imine (C=N–C) groups is 1. The lowest BCUT2D eigenvalue weighted by molar-refractivity contribution is 0.234. The van der Waals surface area contributed by atoms with E-state index in [9.17, 15) is 8.42 Å². The predicted molar refractivity (Wildman–Crippen MR) is 97.2 cm³/mol. The molecule has 0 radical (unpaired) electrons. The van der Waals surface area contributed by atoms with E-state index in [-0.39, 0.29) is 12.1 Å². The molecule has 1 aromatic rings. The van der Waals surface area contributed by atoms with Gasteiger partial charge in [0.25, 0.3) is 10.0 Å². The molecule has 1 aromatic carbocycles. The fourth-order valence-electron chi connectivity index (χ4n) is 4.57. The molecule has 0 N–H and O–H groups in total. The van der Waals surface area contributed by atoms with Crippen LogP contribution in [0.4, 0.5) is 0 Å². The Kier molecular flexibility index (Phi) is 4.48. The third-order valence-electron chi connectivity index (χ3n) is 5.91. The molecule has 4 rings (SSSR count). The highest BCUT2D eigenvalue weighted by Crippen LogP contribution is 2.35. The van der Waals surface area contributed by atoms with Gasteiger partial charge in [0.2, 0.25) is 0 Å². The summed E-state index contributed by atoms with van der Waals surface area (Å²) in [6, 6.07) is 5.74. The van der Waals surface area contributed by atoms with E-state index >= 15 is 0 Å². The molecule has 0 spiro atoms. The second-order valence-corrected chi connectivity index (χ2v) is 9.19. The minimum absolute atomic E-state index is 0.103. The fourth-order valence-corrected chi connectivity index (χ4v) is 6.27. The van der Waals surface area contributed by atoms with Crippen molar-refractivity contribution >= 4 is 16.0 Å². The van der Waals surface area contributed by atoms with Gasteiger partial charge in [0.1, 0.15) is 0 Å². The van der Waals surface area contributed by atoms with E-state index in [2.05, 4.69) is 4.99 Å². The molecule has 2 aliphatic carbocycles. The summed E-state index contributed by atoms with van der Waals surface area (Å²) in [6.45, 7) is 0.512. The maximum atomic E-state index is 13.4. The average Bonchev–Trinajstić information content (AvgIpc) is 3.28. The highest BCUT2D eigenvalue weighted by Gasteiger charge is 2.43. The number of fused-ring (bicyclic) bond motifs is 1. The number of aryl methyl sites for hydroxylation is 2. The molecular formula is C19H26N2O3S. The van der Waals surface area contributed by atoms with Crippen molar-refractivity contribution in [2.45, 2.75) is 62.3 Å². The van der Waals surface area contributed by atoms with E-state index in [1.807, 2.05) is 12.1 Å². The Balaban J connectivity index is 1.69. The molecule has 0 saturated heterocycles. The number of rotatable bonds is 3. The van der Waals surface area contributed by atoms with Gasteiger partial charge in [0.15, 0.2) is 0 Å². The molecule has 0 amide bonds. The van der Waals surface area contributed by atoms with E-state index in [1.54, 1.807) is 6.07 Å². The van der Waals surface area contributed by atoms with Crippen LogP contribution in [-0.4, -0.2) is 38.4 Å². The zero-order valence-corrected chi connectivity index (χ0v) is 15.6. The largest absolute Gasteiger partial charge is 0.468 e. The Hall–Kier alpha value is -1.56. The van der Waals surface area contributed by atoms with Gasteiger partial charge in [-0.25, -0.2) is 17.7 Å². The number of methoxy groups -OCH3 is 1. The van der Waals surface area contributed by atoms with E-state index in [1.165, 1.54) is 41.8 Å². The number of nitrogens with zero attached hydrogens (tertiary/aromatic N) is 2. The summed E-state index contributed by atoms with van der Waals surface area (Å²) < 4.78 is 33.7. The number of hydrogen-bond donors (Lipinski definition) is 0. The molecule has 0 bridgehead atoms. The van der Waals surface area contributed by atoms with Gasteiger partial charge in [-0.15, -0.1) is 0 Å². The predicted octanol–water partition coefficient (Wildman–Crippen LogP) is 3.13. The van der Waals surface area contributed by atoms with Crippen LogP contribution < -0.4 is 0 Å². The van der Waals surface area contributed by atoms with Crippen molar-refractivity contribution in [1.29, 1.82) is 0 Å². The van der Waals surface area contributed by atoms with Crippen LogP contribution in [0.3, 0.4) is 0 Å². The van der Waals surface area contributed by atoms with Crippen LogP contribution in [0.15, 0.2) is 28.1 Å². The summed E-state index contributed by atoms with van der Waals surface area (Å²) in [4.78, 5) is 4.77. The Labute approximate surface area is 150 Å². The van der Waals surface area contributed by atoms with Crippen molar-refractivity contribution < 1.29 is 13.2 Å². The molecule has 1 atom stereocenters. The third-order valence-corrected chi connectivity index (χ3v) is 7.70. The molecule has 1 saturated carbocycles. The second kappa shape index (κ2) is 6.63. The molecule has 1 heterocycles. The van der Waals surface area contributed by atoms with Crippen molar-refractivity contribution in [3.8, 4) is 0 Å². The number of benzene rings is 1. The quantitative estimate of drug-likeness (QED) is 0.830. The summed E-state index contributed by atoms with van der Waals surface area (Å²) >= 11 is 0.